The van der Waals surface area contributed by atoms with Gasteiger partial charge in [-0.25, -0.2) is 4.39 Å². The number of benzene rings is 1. The van der Waals surface area contributed by atoms with Gasteiger partial charge in [0.2, 0.25) is 0 Å². The third kappa shape index (κ3) is 3.23. The van der Waals surface area contributed by atoms with Gasteiger partial charge >= 0.3 is 0 Å². The number of hydrogen-bond acceptors (Lipinski definition) is 2. The van der Waals surface area contributed by atoms with Gasteiger partial charge < -0.3 is 10.2 Å². The third-order valence-corrected chi connectivity index (χ3v) is 4.75. The lowest BCUT2D eigenvalue weighted by Gasteiger charge is -2.22. The monoisotopic (exact) mass is 346 g/mol. The first-order chi connectivity index (χ1) is 9.13. The molecule has 0 spiro atoms. The summed E-state index contributed by atoms with van der Waals surface area (Å²) >= 11 is 9.59. The Bertz CT molecular complexity index is 456. The van der Waals surface area contributed by atoms with Crippen LogP contribution in [0.15, 0.2) is 16.6 Å². The highest BCUT2D eigenvalue weighted by atomic mass is 79.9. The molecule has 2 aliphatic rings. The molecule has 1 unspecified atom stereocenters. The van der Waals surface area contributed by atoms with Crippen LogP contribution in [-0.4, -0.2) is 25.7 Å². The third-order valence-electron chi connectivity index (χ3n) is 3.86. The first-order valence-corrected chi connectivity index (χ1v) is 7.93. The van der Waals surface area contributed by atoms with Crippen molar-refractivity contribution in [1.29, 1.82) is 0 Å². The molecule has 1 aromatic rings. The van der Waals surface area contributed by atoms with Gasteiger partial charge in [-0.05, 0) is 59.8 Å². The second-order valence-electron chi connectivity index (χ2n) is 5.50. The fourth-order valence-corrected chi connectivity index (χ4v) is 3.78. The van der Waals surface area contributed by atoms with Crippen molar-refractivity contribution in [2.75, 3.05) is 24.5 Å². The van der Waals surface area contributed by atoms with E-state index in [4.69, 9.17) is 11.6 Å². The van der Waals surface area contributed by atoms with Crippen molar-refractivity contribution < 1.29 is 4.39 Å². The molecule has 3 rings (SSSR count). The minimum absolute atomic E-state index is 0.299. The van der Waals surface area contributed by atoms with Gasteiger partial charge in [0, 0.05) is 23.6 Å². The Hall–Kier alpha value is -0.320. The summed E-state index contributed by atoms with van der Waals surface area (Å²) in [5.41, 5.74) is 0.928. The summed E-state index contributed by atoms with van der Waals surface area (Å²) < 4.78 is 14.0. The van der Waals surface area contributed by atoms with Crippen LogP contribution in [0.5, 0.6) is 0 Å². The van der Waals surface area contributed by atoms with Crippen molar-refractivity contribution in [3.63, 3.8) is 0 Å². The van der Waals surface area contributed by atoms with Gasteiger partial charge in [-0.15, -0.1) is 0 Å². The van der Waals surface area contributed by atoms with Gasteiger partial charge in [-0.3, -0.25) is 0 Å². The Balaban J connectivity index is 1.66. The zero-order valence-electron chi connectivity index (χ0n) is 10.6. The lowest BCUT2D eigenvalue weighted by molar-refractivity contribution is 0.515. The van der Waals surface area contributed by atoms with Gasteiger partial charge in [0.25, 0.3) is 0 Å². The van der Waals surface area contributed by atoms with E-state index in [9.17, 15) is 4.39 Å². The largest absolute Gasteiger partial charge is 0.369 e. The Morgan fingerprint density at radius 1 is 1.37 bits per heavy atom. The average Bonchev–Trinajstić information content (AvgIpc) is 3.05. The number of nitrogens with one attached hydrogen (secondary N) is 1. The normalized spacial score (nSPS) is 23.1. The van der Waals surface area contributed by atoms with Crippen LogP contribution in [-0.2, 0) is 0 Å². The Labute approximate surface area is 126 Å². The molecule has 1 saturated carbocycles. The van der Waals surface area contributed by atoms with Crippen LogP contribution in [0.1, 0.15) is 19.3 Å². The maximum Gasteiger partial charge on any atom is 0.125 e. The average molecular weight is 348 g/mol. The van der Waals surface area contributed by atoms with E-state index in [1.165, 1.54) is 31.4 Å². The molecule has 0 aromatic heterocycles. The molecule has 104 valence electrons. The zero-order chi connectivity index (χ0) is 13.4. The first kappa shape index (κ1) is 13.7. The van der Waals surface area contributed by atoms with Crippen molar-refractivity contribution in [2.24, 2.45) is 5.92 Å². The summed E-state index contributed by atoms with van der Waals surface area (Å²) in [5.74, 6) is 0.361. The highest BCUT2D eigenvalue weighted by Gasteiger charge is 2.28. The molecular formula is C14H17BrClFN2. The molecular weight excluding hydrogens is 331 g/mol. The summed E-state index contributed by atoms with van der Waals surface area (Å²) in [6.45, 7) is 3.06. The molecule has 1 heterocycles. The van der Waals surface area contributed by atoms with Crippen molar-refractivity contribution in [1.82, 2.24) is 5.32 Å². The lowest BCUT2D eigenvalue weighted by Crippen LogP contribution is -2.27. The Morgan fingerprint density at radius 2 is 2.16 bits per heavy atom. The molecule has 0 radical (unpaired) electrons. The number of halogens is 3. The van der Waals surface area contributed by atoms with Crippen molar-refractivity contribution in [3.05, 3.63) is 27.4 Å². The van der Waals surface area contributed by atoms with Gasteiger partial charge in [-0.1, -0.05) is 11.6 Å². The Morgan fingerprint density at radius 3 is 2.84 bits per heavy atom. The second-order valence-corrected chi connectivity index (χ2v) is 6.76. The van der Waals surface area contributed by atoms with E-state index in [-0.39, 0.29) is 5.82 Å². The number of anilines is 1. The van der Waals surface area contributed by atoms with E-state index in [1.54, 1.807) is 0 Å². The van der Waals surface area contributed by atoms with Crippen molar-refractivity contribution >= 4 is 33.2 Å². The summed E-state index contributed by atoms with van der Waals surface area (Å²) in [6.07, 6.45) is 3.82. The molecule has 1 N–H and O–H groups in total. The van der Waals surface area contributed by atoms with E-state index < -0.39 is 0 Å². The van der Waals surface area contributed by atoms with E-state index >= 15 is 0 Å². The van der Waals surface area contributed by atoms with Gasteiger partial charge in [0.1, 0.15) is 5.82 Å². The highest BCUT2D eigenvalue weighted by molar-refractivity contribution is 9.10. The SMILES string of the molecule is Fc1cc(Cl)c(N2CCC(CNC3CC3)C2)c(Br)c1. The van der Waals surface area contributed by atoms with Crippen LogP contribution < -0.4 is 10.2 Å². The van der Waals surface area contributed by atoms with Gasteiger partial charge in [0.05, 0.1) is 10.7 Å². The molecule has 0 amide bonds. The van der Waals surface area contributed by atoms with E-state index in [0.29, 0.717) is 10.9 Å². The molecule has 0 bridgehead atoms. The molecule has 1 aromatic carbocycles. The van der Waals surface area contributed by atoms with E-state index in [2.05, 4.69) is 26.1 Å². The standard InChI is InChI=1S/C14H17BrClFN2/c15-12-5-10(17)6-13(16)14(12)19-4-3-9(8-19)7-18-11-1-2-11/h5-6,9,11,18H,1-4,7-8H2. The van der Waals surface area contributed by atoms with Gasteiger partial charge in [0.15, 0.2) is 0 Å². The maximum atomic E-state index is 13.2. The molecule has 2 nitrogen and oxygen atoms in total. The fourth-order valence-electron chi connectivity index (χ4n) is 2.66. The molecule has 19 heavy (non-hydrogen) atoms. The predicted octanol–water partition coefficient (Wildman–Crippen LogP) is 3.82. The second kappa shape index (κ2) is 5.58. The van der Waals surface area contributed by atoms with Crippen LogP contribution in [0.4, 0.5) is 10.1 Å². The zero-order valence-corrected chi connectivity index (χ0v) is 13.0. The van der Waals surface area contributed by atoms with E-state index in [1.807, 2.05) is 0 Å². The van der Waals surface area contributed by atoms with Crippen LogP contribution in [0, 0.1) is 11.7 Å². The molecule has 1 saturated heterocycles. The smallest absolute Gasteiger partial charge is 0.125 e. The molecule has 2 fully saturated rings. The van der Waals surface area contributed by atoms with E-state index in [0.717, 1.165) is 35.8 Å². The summed E-state index contributed by atoms with van der Waals surface area (Å²) in [6, 6.07) is 3.63. The van der Waals surface area contributed by atoms with Crippen LogP contribution in [0.3, 0.4) is 0 Å². The van der Waals surface area contributed by atoms with Crippen LogP contribution >= 0.6 is 27.5 Å². The number of nitrogens with zero attached hydrogens (tertiary/aromatic N) is 1. The topological polar surface area (TPSA) is 15.3 Å². The van der Waals surface area contributed by atoms with Crippen LogP contribution in [0.2, 0.25) is 5.02 Å². The molecule has 1 aliphatic carbocycles. The Kier molecular flexibility index (Phi) is 4.01. The summed E-state index contributed by atoms with van der Waals surface area (Å²) in [7, 11) is 0. The lowest BCUT2D eigenvalue weighted by atomic mass is 10.1. The van der Waals surface area contributed by atoms with Crippen molar-refractivity contribution in [2.45, 2.75) is 25.3 Å². The molecule has 1 atom stereocenters. The maximum absolute atomic E-state index is 13.2. The van der Waals surface area contributed by atoms with Crippen LogP contribution in [0.25, 0.3) is 0 Å². The fraction of sp³-hybridized carbons (Fsp3) is 0.571. The summed E-state index contributed by atoms with van der Waals surface area (Å²) in [5, 5.41) is 4.07. The predicted molar refractivity (Wildman–Crippen MR) is 80.5 cm³/mol. The van der Waals surface area contributed by atoms with Crippen molar-refractivity contribution in [3.8, 4) is 0 Å². The highest BCUT2D eigenvalue weighted by Crippen LogP contribution is 2.37. The molecule has 5 heteroatoms. The van der Waals surface area contributed by atoms with Gasteiger partial charge in [-0.2, -0.15) is 0 Å². The minimum atomic E-state index is -0.299. The number of hydrogen-bond donors (Lipinski definition) is 1. The number of rotatable bonds is 4. The minimum Gasteiger partial charge on any atom is -0.369 e. The first-order valence-electron chi connectivity index (χ1n) is 6.76. The quantitative estimate of drug-likeness (QED) is 0.891. The molecule has 1 aliphatic heterocycles. The summed E-state index contributed by atoms with van der Waals surface area (Å²) in [4.78, 5) is 2.26.